The number of aryl methyl sites for hydroxylation is 1. The van der Waals surface area contributed by atoms with Gasteiger partial charge in [-0.25, -0.2) is 4.98 Å². The normalized spacial score (nSPS) is 17.2. The molecule has 0 spiro atoms. The van der Waals surface area contributed by atoms with E-state index >= 15 is 0 Å². The lowest BCUT2D eigenvalue weighted by Gasteiger charge is -2.26. The lowest BCUT2D eigenvalue weighted by atomic mass is 9.86. The molecule has 0 aliphatic heterocycles. The van der Waals surface area contributed by atoms with E-state index < -0.39 is 0 Å². The SMILES string of the molecule is CCOC(=O)C1(CNc2cc(C)ccn2)CCCC1. The summed E-state index contributed by atoms with van der Waals surface area (Å²) < 4.78 is 5.24. The minimum Gasteiger partial charge on any atom is -0.466 e. The van der Waals surface area contributed by atoms with Crippen molar-refractivity contribution in [3.63, 3.8) is 0 Å². The average Bonchev–Trinajstić information content (AvgIpc) is 2.87. The molecule has 4 heteroatoms. The Morgan fingerprint density at radius 2 is 2.21 bits per heavy atom. The minimum absolute atomic E-state index is 0.0624. The van der Waals surface area contributed by atoms with Crippen molar-refractivity contribution in [2.45, 2.75) is 39.5 Å². The van der Waals surface area contributed by atoms with Gasteiger partial charge in [0.1, 0.15) is 5.82 Å². The Labute approximate surface area is 114 Å². The lowest BCUT2D eigenvalue weighted by molar-refractivity contribution is -0.154. The smallest absolute Gasteiger partial charge is 0.313 e. The van der Waals surface area contributed by atoms with Gasteiger partial charge in [0.15, 0.2) is 0 Å². The molecular weight excluding hydrogens is 240 g/mol. The molecule has 0 saturated heterocycles. The summed E-state index contributed by atoms with van der Waals surface area (Å²) in [6.45, 7) is 4.95. The molecule has 2 rings (SSSR count). The second-order valence-electron chi connectivity index (χ2n) is 5.28. The van der Waals surface area contributed by atoms with Crippen LogP contribution in [0.4, 0.5) is 5.82 Å². The highest BCUT2D eigenvalue weighted by Gasteiger charge is 2.42. The first-order valence-electron chi connectivity index (χ1n) is 7.00. The quantitative estimate of drug-likeness (QED) is 0.829. The summed E-state index contributed by atoms with van der Waals surface area (Å²) in [4.78, 5) is 16.4. The maximum Gasteiger partial charge on any atom is 0.313 e. The molecule has 1 saturated carbocycles. The van der Waals surface area contributed by atoms with Crippen LogP contribution in [0.25, 0.3) is 0 Å². The number of carbonyl (C=O) groups is 1. The van der Waals surface area contributed by atoms with Crippen molar-refractivity contribution < 1.29 is 9.53 Å². The van der Waals surface area contributed by atoms with Crippen LogP contribution in [0.15, 0.2) is 18.3 Å². The number of ether oxygens (including phenoxy) is 1. The summed E-state index contributed by atoms with van der Waals surface area (Å²) in [7, 11) is 0. The van der Waals surface area contributed by atoms with Crippen LogP contribution < -0.4 is 5.32 Å². The van der Waals surface area contributed by atoms with Crippen LogP contribution in [-0.2, 0) is 9.53 Å². The topological polar surface area (TPSA) is 51.2 Å². The van der Waals surface area contributed by atoms with Crippen molar-refractivity contribution in [1.29, 1.82) is 0 Å². The van der Waals surface area contributed by atoms with Gasteiger partial charge in [0.05, 0.1) is 12.0 Å². The number of nitrogens with one attached hydrogen (secondary N) is 1. The number of nitrogens with zero attached hydrogens (tertiary/aromatic N) is 1. The Morgan fingerprint density at radius 3 is 2.84 bits per heavy atom. The summed E-state index contributed by atoms with van der Waals surface area (Å²) in [6, 6.07) is 3.95. The molecule has 1 aliphatic carbocycles. The third-order valence-corrected chi connectivity index (χ3v) is 3.79. The minimum atomic E-state index is -0.360. The van der Waals surface area contributed by atoms with Crippen molar-refractivity contribution in [3.8, 4) is 0 Å². The molecule has 1 aromatic heterocycles. The van der Waals surface area contributed by atoms with E-state index in [-0.39, 0.29) is 11.4 Å². The second kappa shape index (κ2) is 6.04. The number of aromatic nitrogens is 1. The second-order valence-corrected chi connectivity index (χ2v) is 5.28. The molecule has 104 valence electrons. The van der Waals surface area contributed by atoms with Gasteiger partial charge >= 0.3 is 5.97 Å². The van der Waals surface area contributed by atoms with Gasteiger partial charge in [0.2, 0.25) is 0 Å². The predicted octanol–water partition coefficient (Wildman–Crippen LogP) is 2.93. The molecule has 1 heterocycles. The van der Waals surface area contributed by atoms with Gasteiger partial charge in [-0.15, -0.1) is 0 Å². The van der Waals surface area contributed by atoms with E-state index in [1.807, 2.05) is 26.0 Å². The van der Waals surface area contributed by atoms with Crippen LogP contribution >= 0.6 is 0 Å². The zero-order valence-corrected chi connectivity index (χ0v) is 11.7. The van der Waals surface area contributed by atoms with Crippen molar-refractivity contribution >= 4 is 11.8 Å². The average molecular weight is 262 g/mol. The maximum atomic E-state index is 12.2. The van der Waals surface area contributed by atoms with Gasteiger partial charge < -0.3 is 10.1 Å². The molecule has 0 unspecified atom stereocenters. The molecule has 0 amide bonds. The molecule has 0 aromatic carbocycles. The fourth-order valence-electron chi connectivity index (χ4n) is 2.68. The first kappa shape index (κ1) is 13.8. The largest absolute Gasteiger partial charge is 0.466 e. The van der Waals surface area contributed by atoms with Crippen LogP contribution in [0.2, 0.25) is 0 Å². The molecule has 19 heavy (non-hydrogen) atoms. The van der Waals surface area contributed by atoms with Crippen LogP contribution in [0, 0.1) is 12.3 Å². The summed E-state index contributed by atoms with van der Waals surface area (Å²) >= 11 is 0. The summed E-state index contributed by atoms with van der Waals surface area (Å²) in [5.41, 5.74) is 0.802. The Kier molecular flexibility index (Phi) is 4.40. The Hall–Kier alpha value is -1.58. The van der Waals surface area contributed by atoms with Gasteiger partial charge in [0.25, 0.3) is 0 Å². The molecule has 1 aliphatic rings. The first-order chi connectivity index (χ1) is 9.16. The third kappa shape index (κ3) is 3.25. The maximum absolute atomic E-state index is 12.2. The van der Waals surface area contributed by atoms with Gasteiger partial charge in [-0.05, 0) is 44.4 Å². The monoisotopic (exact) mass is 262 g/mol. The van der Waals surface area contributed by atoms with E-state index in [9.17, 15) is 4.79 Å². The standard InChI is InChI=1S/C15H22N2O2/c1-3-19-14(18)15(7-4-5-8-15)11-17-13-10-12(2)6-9-16-13/h6,9-10H,3-5,7-8,11H2,1-2H3,(H,16,17). The van der Waals surface area contributed by atoms with E-state index in [0.717, 1.165) is 37.1 Å². The number of esters is 1. The van der Waals surface area contributed by atoms with E-state index in [0.29, 0.717) is 13.2 Å². The van der Waals surface area contributed by atoms with Crippen LogP contribution in [0.5, 0.6) is 0 Å². The van der Waals surface area contributed by atoms with Crippen LogP contribution in [0.1, 0.15) is 38.2 Å². The highest BCUT2D eigenvalue weighted by molar-refractivity contribution is 5.78. The van der Waals surface area contributed by atoms with Crippen molar-refractivity contribution in [2.24, 2.45) is 5.41 Å². The predicted molar refractivity (Wildman–Crippen MR) is 75.0 cm³/mol. The summed E-state index contributed by atoms with van der Waals surface area (Å²) in [5.74, 6) is 0.767. The molecule has 4 nitrogen and oxygen atoms in total. The Balaban J connectivity index is 2.03. The fourth-order valence-corrected chi connectivity index (χ4v) is 2.68. The number of anilines is 1. The summed E-state index contributed by atoms with van der Waals surface area (Å²) in [6.07, 6.45) is 5.79. The van der Waals surface area contributed by atoms with Gasteiger partial charge in [0, 0.05) is 12.7 Å². The molecule has 0 radical (unpaired) electrons. The fraction of sp³-hybridized carbons (Fsp3) is 0.600. The molecular formula is C15H22N2O2. The van der Waals surface area contributed by atoms with Gasteiger partial charge in [-0.2, -0.15) is 0 Å². The van der Waals surface area contributed by atoms with E-state index in [1.165, 1.54) is 0 Å². The number of hydrogen-bond acceptors (Lipinski definition) is 4. The Bertz CT molecular complexity index is 440. The number of hydrogen-bond donors (Lipinski definition) is 1. The number of pyridine rings is 1. The van der Waals surface area contributed by atoms with E-state index in [2.05, 4.69) is 10.3 Å². The zero-order valence-electron chi connectivity index (χ0n) is 11.7. The van der Waals surface area contributed by atoms with E-state index in [1.54, 1.807) is 6.20 Å². The van der Waals surface area contributed by atoms with Crippen molar-refractivity contribution in [2.75, 3.05) is 18.5 Å². The summed E-state index contributed by atoms with van der Waals surface area (Å²) in [5, 5.41) is 3.30. The van der Waals surface area contributed by atoms with E-state index in [4.69, 9.17) is 4.74 Å². The van der Waals surface area contributed by atoms with Gasteiger partial charge in [-0.3, -0.25) is 4.79 Å². The van der Waals surface area contributed by atoms with Crippen LogP contribution in [-0.4, -0.2) is 24.1 Å². The number of rotatable bonds is 5. The zero-order chi connectivity index (χ0) is 13.7. The third-order valence-electron chi connectivity index (χ3n) is 3.79. The molecule has 1 fully saturated rings. The lowest BCUT2D eigenvalue weighted by Crippen LogP contribution is -2.37. The van der Waals surface area contributed by atoms with Gasteiger partial charge in [-0.1, -0.05) is 12.8 Å². The Morgan fingerprint density at radius 1 is 1.47 bits per heavy atom. The number of carbonyl (C=O) groups excluding carboxylic acids is 1. The molecule has 1 aromatic rings. The van der Waals surface area contributed by atoms with Crippen molar-refractivity contribution in [3.05, 3.63) is 23.9 Å². The first-order valence-corrected chi connectivity index (χ1v) is 7.00. The highest BCUT2D eigenvalue weighted by Crippen LogP contribution is 2.39. The molecule has 0 bridgehead atoms. The van der Waals surface area contributed by atoms with Crippen molar-refractivity contribution in [1.82, 2.24) is 4.98 Å². The molecule has 0 atom stereocenters. The van der Waals surface area contributed by atoms with Crippen LogP contribution in [0.3, 0.4) is 0 Å². The molecule has 1 N–H and O–H groups in total. The highest BCUT2D eigenvalue weighted by atomic mass is 16.5.